The smallest absolute Gasteiger partial charge is 0.280 e. The van der Waals surface area contributed by atoms with Gasteiger partial charge in [-0.1, -0.05) is 0 Å². The third kappa shape index (κ3) is 1.99. The van der Waals surface area contributed by atoms with Gasteiger partial charge in [0.1, 0.15) is 11.3 Å². The van der Waals surface area contributed by atoms with Crippen LogP contribution in [-0.4, -0.2) is 39.2 Å². The average Bonchev–Trinajstić information content (AvgIpc) is 2.48. The zero-order valence-corrected chi connectivity index (χ0v) is 11.6. The fraction of sp³-hybridized carbons (Fsp3) is 0.333. The highest BCUT2D eigenvalue weighted by Crippen LogP contribution is 2.08. The Hall–Kier alpha value is -2.48. The lowest BCUT2D eigenvalue weighted by molar-refractivity contribution is -0.0760. The number of nitrogens with zero attached hydrogens (tertiary/aromatic N) is 4. The minimum Gasteiger partial charge on any atom is -0.280 e. The molecule has 0 aliphatic rings. The van der Waals surface area contributed by atoms with Gasteiger partial charge in [-0.25, -0.2) is 14.8 Å². The van der Waals surface area contributed by atoms with Gasteiger partial charge in [-0.05, 0) is 12.1 Å². The minimum absolute atomic E-state index is 0.0881. The van der Waals surface area contributed by atoms with Crippen LogP contribution in [0.15, 0.2) is 21.7 Å². The number of fused-ring (bicyclic) bond motifs is 1. The molecule has 0 saturated heterocycles. The minimum atomic E-state index is -0.500. The Balaban J connectivity index is 2.76. The standard InChI is InChI=1S/C12H14N4O4/c1-14-9-7(10(17)15(2)12(14)19)5-6-8(13-9)11(18)16(3)20-4/h5-6H,1-4H3. The highest BCUT2D eigenvalue weighted by molar-refractivity contribution is 5.93. The molecular formula is C12H14N4O4. The molecule has 0 aliphatic carbocycles. The second-order valence-electron chi connectivity index (χ2n) is 4.26. The molecule has 0 aliphatic heterocycles. The molecule has 2 aromatic rings. The molecule has 2 heterocycles. The van der Waals surface area contributed by atoms with E-state index in [4.69, 9.17) is 4.84 Å². The first-order valence-corrected chi connectivity index (χ1v) is 5.77. The predicted octanol–water partition coefficient (Wildman–Crippen LogP) is -0.734. The molecule has 0 radical (unpaired) electrons. The van der Waals surface area contributed by atoms with Crippen LogP contribution in [0.3, 0.4) is 0 Å². The van der Waals surface area contributed by atoms with Crippen molar-refractivity contribution in [3.05, 3.63) is 38.7 Å². The quantitative estimate of drug-likeness (QED) is 0.676. The maximum absolute atomic E-state index is 12.0. The lowest BCUT2D eigenvalue weighted by Gasteiger charge is -2.13. The molecule has 20 heavy (non-hydrogen) atoms. The van der Waals surface area contributed by atoms with Crippen molar-refractivity contribution in [2.75, 3.05) is 14.2 Å². The third-order valence-electron chi connectivity index (χ3n) is 3.08. The van der Waals surface area contributed by atoms with Crippen molar-refractivity contribution in [1.29, 1.82) is 0 Å². The summed E-state index contributed by atoms with van der Waals surface area (Å²) < 4.78 is 2.22. The number of pyridine rings is 1. The molecule has 0 fully saturated rings. The lowest BCUT2D eigenvalue weighted by Crippen LogP contribution is -2.37. The predicted molar refractivity (Wildman–Crippen MR) is 71.3 cm³/mol. The zero-order chi connectivity index (χ0) is 15.0. The molecule has 106 valence electrons. The van der Waals surface area contributed by atoms with Crippen molar-refractivity contribution in [2.24, 2.45) is 14.1 Å². The van der Waals surface area contributed by atoms with Gasteiger partial charge < -0.3 is 0 Å². The molecule has 8 heteroatoms. The summed E-state index contributed by atoms with van der Waals surface area (Å²) in [6, 6.07) is 2.90. The van der Waals surface area contributed by atoms with Crippen molar-refractivity contribution in [3.8, 4) is 0 Å². The van der Waals surface area contributed by atoms with E-state index in [1.807, 2.05) is 0 Å². The Bertz CT molecular complexity index is 805. The van der Waals surface area contributed by atoms with E-state index in [1.54, 1.807) is 0 Å². The lowest BCUT2D eigenvalue weighted by atomic mass is 10.2. The number of carbonyl (C=O) groups is 1. The number of carbonyl (C=O) groups excluding carboxylic acids is 1. The topological polar surface area (TPSA) is 86.4 Å². The number of aromatic nitrogens is 3. The van der Waals surface area contributed by atoms with Crippen LogP contribution in [0.25, 0.3) is 11.0 Å². The van der Waals surface area contributed by atoms with Crippen LogP contribution in [0, 0.1) is 0 Å². The number of rotatable bonds is 2. The summed E-state index contributed by atoms with van der Waals surface area (Å²) in [6.07, 6.45) is 0. The number of hydroxylamine groups is 2. The van der Waals surface area contributed by atoms with Gasteiger partial charge in [-0.3, -0.25) is 23.6 Å². The Morgan fingerprint density at radius 3 is 2.50 bits per heavy atom. The number of amides is 1. The molecule has 1 amide bonds. The van der Waals surface area contributed by atoms with Crippen LogP contribution in [0.4, 0.5) is 0 Å². The van der Waals surface area contributed by atoms with Crippen molar-refractivity contribution in [3.63, 3.8) is 0 Å². The van der Waals surface area contributed by atoms with Crippen LogP contribution in [-0.2, 0) is 18.9 Å². The Kier molecular flexibility index (Phi) is 3.41. The van der Waals surface area contributed by atoms with Gasteiger partial charge in [0.05, 0.1) is 12.5 Å². The molecule has 0 unspecified atom stereocenters. The highest BCUT2D eigenvalue weighted by Gasteiger charge is 2.16. The first kappa shape index (κ1) is 13.9. The van der Waals surface area contributed by atoms with E-state index in [2.05, 4.69) is 4.98 Å². The molecule has 8 nitrogen and oxygen atoms in total. The van der Waals surface area contributed by atoms with E-state index in [0.29, 0.717) is 0 Å². The summed E-state index contributed by atoms with van der Waals surface area (Å²) in [6.45, 7) is 0. The van der Waals surface area contributed by atoms with Crippen LogP contribution in [0.5, 0.6) is 0 Å². The van der Waals surface area contributed by atoms with Crippen LogP contribution in [0.1, 0.15) is 10.5 Å². The fourth-order valence-corrected chi connectivity index (χ4v) is 1.82. The molecule has 0 spiro atoms. The second kappa shape index (κ2) is 4.89. The largest absolute Gasteiger partial charge is 0.332 e. The second-order valence-corrected chi connectivity index (χ2v) is 4.26. The molecular weight excluding hydrogens is 264 g/mol. The van der Waals surface area contributed by atoms with E-state index in [1.165, 1.54) is 45.0 Å². The van der Waals surface area contributed by atoms with Gasteiger partial charge in [-0.15, -0.1) is 0 Å². The van der Waals surface area contributed by atoms with Gasteiger partial charge in [-0.2, -0.15) is 0 Å². The maximum atomic E-state index is 12.0. The Morgan fingerprint density at radius 2 is 1.90 bits per heavy atom. The summed E-state index contributed by atoms with van der Waals surface area (Å²) in [5, 5.41) is 1.28. The summed E-state index contributed by atoms with van der Waals surface area (Å²) in [7, 11) is 5.68. The van der Waals surface area contributed by atoms with Crippen molar-refractivity contribution < 1.29 is 9.63 Å². The van der Waals surface area contributed by atoms with Crippen LogP contribution in [0.2, 0.25) is 0 Å². The van der Waals surface area contributed by atoms with Gasteiger partial charge >= 0.3 is 5.69 Å². The molecule has 2 rings (SSSR count). The number of hydrogen-bond donors (Lipinski definition) is 0. The van der Waals surface area contributed by atoms with Crippen molar-refractivity contribution in [2.45, 2.75) is 0 Å². The highest BCUT2D eigenvalue weighted by atomic mass is 16.7. The SMILES string of the molecule is CON(C)C(=O)c1ccc2c(=O)n(C)c(=O)n(C)c2n1. The third-order valence-corrected chi connectivity index (χ3v) is 3.08. The molecule has 2 aromatic heterocycles. The fourth-order valence-electron chi connectivity index (χ4n) is 1.82. The van der Waals surface area contributed by atoms with Crippen LogP contribution >= 0.6 is 0 Å². The van der Waals surface area contributed by atoms with Crippen LogP contribution < -0.4 is 11.2 Å². The molecule has 0 atom stereocenters. The van der Waals surface area contributed by atoms with E-state index < -0.39 is 17.2 Å². The summed E-state index contributed by atoms with van der Waals surface area (Å²) in [4.78, 5) is 44.6. The normalized spacial score (nSPS) is 10.8. The molecule has 0 aromatic carbocycles. The number of hydrogen-bond acceptors (Lipinski definition) is 5. The summed E-state index contributed by atoms with van der Waals surface area (Å²) in [5.74, 6) is -0.470. The first-order valence-electron chi connectivity index (χ1n) is 5.77. The Morgan fingerprint density at radius 1 is 1.25 bits per heavy atom. The maximum Gasteiger partial charge on any atom is 0.332 e. The van der Waals surface area contributed by atoms with Gasteiger partial charge in [0, 0.05) is 21.1 Å². The Labute approximate surface area is 113 Å². The van der Waals surface area contributed by atoms with E-state index in [-0.39, 0.29) is 16.7 Å². The van der Waals surface area contributed by atoms with Gasteiger partial charge in [0.25, 0.3) is 11.5 Å². The van der Waals surface area contributed by atoms with Gasteiger partial charge in [0.15, 0.2) is 0 Å². The van der Waals surface area contributed by atoms with Gasteiger partial charge in [0.2, 0.25) is 0 Å². The zero-order valence-electron chi connectivity index (χ0n) is 11.6. The van der Waals surface area contributed by atoms with E-state index >= 15 is 0 Å². The average molecular weight is 278 g/mol. The van der Waals surface area contributed by atoms with E-state index in [9.17, 15) is 14.4 Å². The molecule has 0 bridgehead atoms. The summed E-state index contributed by atoms with van der Waals surface area (Å²) in [5.41, 5.74) is -0.701. The monoisotopic (exact) mass is 278 g/mol. The number of aryl methyl sites for hydroxylation is 1. The van der Waals surface area contributed by atoms with E-state index in [0.717, 1.165) is 9.63 Å². The first-order chi connectivity index (χ1) is 9.38. The van der Waals surface area contributed by atoms with Crippen molar-refractivity contribution >= 4 is 16.9 Å². The molecule has 0 N–H and O–H groups in total. The molecule has 0 saturated carbocycles. The summed E-state index contributed by atoms with van der Waals surface area (Å²) >= 11 is 0. The van der Waals surface area contributed by atoms with Crippen molar-refractivity contribution in [1.82, 2.24) is 19.2 Å².